The Labute approximate surface area is 120 Å². The number of hydrogen-bond donors (Lipinski definition) is 2. The smallest absolute Gasteiger partial charge is 0.309 e. The van der Waals surface area contributed by atoms with Gasteiger partial charge in [0, 0.05) is 19.1 Å². The van der Waals surface area contributed by atoms with Crippen LogP contribution >= 0.6 is 0 Å². The molecule has 0 aromatic carbocycles. The van der Waals surface area contributed by atoms with Crippen molar-refractivity contribution in [2.24, 2.45) is 0 Å². The van der Waals surface area contributed by atoms with Crippen LogP contribution < -0.4 is 10.6 Å². The fourth-order valence-electron chi connectivity index (χ4n) is 2.11. The van der Waals surface area contributed by atoms with E-state index >= 15 is 0 Å². The first-order valence-electron chi connectivity index (χ1n) is 6.89. The minimum absolute atomic E-state index is 0.0710. The van der Waals surface area contributed by atoms with E-state index in [0.29, 0.717) is 19.5 Å². The van der Waals surface area contributed by atoms with Crippen LogP contribution in [0.5, 0.6) is 0 Å². The zero-order valence-electron chi connectivity index (χ0n) is 12.0. The average molecular weight is 305 g/mol. The molecule has 116 valence electrons. The Balaban J connectivity index is 2.28. The Morgan fingerprint density at radius 3 is 2.35 bits per heavy atom. The van der Waals surface area contributed by atoms with Crippen LogP contribution in [-0.4, -0.2) is 68.9 Å². The second kappa shape index (κ2) is 7.58. The number of likely N-dealkylation sites (N-methyl/N-ethyl adjacent to an activating group) is 1. The lowest BCUT2D eigenvalue weighted by Crippen LogP contribution is -2.46. The van der Waals surface area contributed by atoms with E-state index in [0.717, 1.165) is 13.1 Å². The number of sulfone groups is 1. The van der Waals surface area contributed by atoms with E-state index in [4.69, 9.17) is 0 Å². The van der Waals surface area contributed by atoms with Gasteiger partial charge in [-0.2, -0.15) is 0 Å². The summed E-state index contributed by atoms with van der Waals surface area (Å²) in [6.45, 7) is 6.91. The van der Waals surface area contributed by atoms with Gasteiger partial charge in [-0.25, -0.2) is 8.42 Å². The van der Waals surface area contributed by atoms with Crippen LogP contribution in [0.3, 0.4) is 0 Å². The van der Waals surface area contributed by atoms with Crippen molar-refractivity contribution in [3.05, 3.63) is 0 Å². The maximum Gasteiger partial charge on any atom is 0.309 e. The SMILES string of the molecule is CCN(CC)CCNC(=O)C(=O)NC1CCS(=O)(=O)C1. The van der Waals surface area contributed by atoms with Crippen molar-refractivity contribution in [1.82, 2.24) is 15.5 Å². The van der Waals surface area contributed by atoms with Gasteiger partial charge in [0.2, 0.25) is 0 Å². The van der Waals surface area contributed by atoms with E-state index in [1.807, 2.05) is 13.8 Å². The maximum absolute atomic E-state index is 11.6. The van der Waals surface area contributed by atoms with E-state index in [2.05, 4.69) is 15.5 Å². The summed E-state index contributed by atoms with van der Waals surface area (Å²) in [5.74, 6) is -1.47. The van der Waals surface area contributed by atoms with Gasteiger partial charge in [0.15, 0.2) is 9.84 Å². The van der Waals surface area contributed by atoms with E-state index in [-0.39, 0.29) is 11.5 Å². The third-order valence-corrected chi connectivity index (χ3v) is 5.15. The molecule has 1 heterocycles. The summed E-state index contributed by atoms with van der Waals surface area (Å²) in [7, 11) is -3.05. The summed E-state index contributed by atoms with van der Waals surface area (Å²) in [6.07, 6.45) is 0.376. The highest BCUT2D eigenvalue weighted by Crippen LogP contribution is 2.10. The molecule has 7 nitrogen and oxygen atoms in total. The fraction of sp³-hybridized carbons (Fsp3) is 0.833. The molecule has 0 saturated carbocycles. The number of hydrogen-bond acceptors (Lipinski definition) is 5. The minimum atomic E-state index is -3.05. The standard InChI is InChI=1S/C12H23N3O4S/c1-3-15(4-2)7-6-13-11(16)12(17)14-10-5-8-20(18,19)9-10/h10H,3-9H2,1-2H3,(H,13,16)(H,14,17). The molecule has 1 unspecified atom stereocenters. The van der Waals surface area contributed by atoms with E-state index in [9.17, 15) is 18.0 Å². The molecule has 20 heavy (non-hydrogen) atoms. The largest absolute Gasteiger partial charge is 0.347 e. The number of nitrogens with one attached hydrogen (secondary N) is 2. The maximum atomic E-state index is 11.6. The van der Waals surface area contributed by atoms with Gasteiger partial charge in [-0.15, -0.1) is 0 Å². The lowest BCUT2D eigenvalue weighted by molar-refractivity contribution is -0.139. The summed E-state index contributed by atoms with van der Waals surface area (Å²) in [4.78, 5) is 25.3. The molecule has 0 bridgehead atoms. The molecule has 0 radical (unpaired) electrons. The zero-order valence-corrected chi connectivity index (χ0v) is 12.8. The molecular weight excluding hydrogens is 282 g/mol. The molecule has 0 aliphatic carbocycles. The number of amides is 2. The lowest BCUT2D eigenvalue weighted by atomic mass is 10.2. The molecule has 2 N–H and O–H groups in total. The van der Waals surface area contributed by atoms with Crippen LogP contribution in [0.15, 0.2) is 0 Å². The molecule has 0 spiro atoms. The van der Waals surface area contributed by atoms with Crippen LogP contribution in [0.25, 0.3) is 0 Å². The summed E-state index contributed by atoms with van der Waals surface area (Å²) in [6, 6.07) is -0.443. The van der Waals surface area contributed by atoms with Crippen LogP contribution in [0.1, 0.15) is 20.3 Å². The Bertz CT molecular complexity index is 446. The third-order valence-electron chi connectivity index (χ3n) is 3.38. The molecule has 1 rings (SSSR count). The monoisotopic (exact) mass is 305 g/mol. The average Bonchev–Trinajstić information content (AvgIpc) is 2.73. The molecule has 1 saturated heterocycles. The van der Waals surface area contributed by atoms with Gasteiger partial charge in [-0.05, 0) is 19.5 Å². The number of carbonyl (C=O) groups excluding carboxylic acids is 2. The van der Waals surface area contributed by atoms with Crippen molar-refractivity contribution in [2.75, 3.05) is 37.7 Å². The highest BCUT2D eigenvalue weighted by molar-refractivity contribution is 7.91. The molecule has 8 heteroatoms. The highest BCUT2D eigenvalue weighted by Gasteiger charge is 2.30. The second-order valence-corrected chi connectivity index (χ2v) is 7.08. The minimum Gasteiger partial charge on any atom is -0.347 e. The van der Waals surface area contributed by atoms with E-state index in [1.54, 1.807) is 0 Å². The molecule has 1 atom stereocenters. The summed E-state index contributed by atoms with van der Waals surface area (Å²) in [5.41, 5.74) is 0. The van der Waals surface area contributed by atoms with E-state index in [1.165, 1.54) is 0 Å². The lowest BCUT2D eigenvalue weighted by Gasteiger charge is -2.18. The second-order valence-electron chi connectivity index (χ2n) is 4.86. The molecule has 1 aliphatic rings. The summed E-state index contributed by atoms with van der Waals surface area (Å²) in [5, 5.41) is 4.99. The predicted octanol–water partition coefficient (Wildman–Crippen LogP) is -1.25. The molecule has 1 fully saturated rings. The molecular formula is C12H23N3O4S. The highest BCUT2D eigenvalue weighted by atomic mass is 32.2. The Morgan fingerprint density at radius 2 is 1.85 bits per heavy atom. The van der Waals surface area contributed by atoms with Crippen LogP contribution in [0, 0.1) is 0 Å². The van der Waals surface area contributed by atoms with Crippen molar-refractivity contribution in [3.8, 4) is 0 Å². The molecule has 2 amide bonds. The Morgan fingerprint density at radius 1 is 1.20 bits per heavy atom. The van der Waals surface area contributed by atoms with Crippen molar-refractivity contribution in [3.63, 3.8) is 0 Å². The van der Waals surface area contributed by atoms with Gasteiger partial charge in [0.25, 0.3) is 0 Å². The van der Waals surface area contributed by atoms with E-state index < -0.39 is 27.7 Å². The number of rotatable bonds is 6. The van der Waals surface area contributed by atoms with Crippen molar-refractivity contribution in [2.45, 2.75) is 26.3 Å². The zero-order chi connectivity index (χ0) is 15.2. The first-order valence-corrected chi connectivity index (χ1v) is 8.71. The van der Waals surface area contributed by atoms with Crippen LogP contribution in [0.4, 0.5) is 0 Å². The third kappa shape index (κ3) is 5.46. The van der Waals surface area contributed by atoms with Gasteiger partial charge in [-0.3, -0.25) is 9.59 Å². The van der Waals surface area contributed by atoms with Crippen molar-refractivity contribution in [1.29, 1.82) is 0 Å². The van der Waals surface area contributed by atoms with Gasteiger partial charge in [-0.1, -0.05) is 13.8 Å². The van der Waals surface area contributed by atoms with Crippen molar-refractivity contribution >= 4 is 21.7 Å². The fourth-order valence-corrected chi connectivity index (χ4v) is 3.78. The molecule has 0 aromatic rings. The Hall–Kier alpha value is -1.15. The van der Waals surface area contributed by atoms with Crippen molar-refractivity contribution < 1.29 is 18.0 Å². The topological polar surface area (TPSA) is 95.6 Å². The van der Waals surface area contributed by atoms with Crippen LogP contribution in [-0.2, 0) is 19.4 Å². The predicted molar refractivity (Wildman–Crippen MR) is 76.0 cm³/mol. The first-order chi connectivity index (χ1) is 9.38. The summed E-state index contributed by atoms with van der Waals surface area (Å²) < 4.78 is 22.5. The van der Waals surface area contributed by atoms with Gasteiger partial charge in [0.05, 0.1) is 11.5 Å². The Kier molecular flexibility index (Phi) is 6.41. The summed E-state index contributed by atoms with van der Waals surface area (Å²) >= 11 is 0. The molecule has 0 aromatic heterocycles. The normalized spacial score (nSPS) is 20.9. The van der Waals surface area contributed by atoms with Crippen LogP contribution in [0.2, 0.25) is 0 Å². The number of nitrogens with zero attached hydrogens (tertiary/aromatic N) is 1. The molecule has 1 aliphatic heterocycles. The quantitative estimate of drug-likeness (QED) is 0.598. The number of carbonyl (C=O) groups is 2. The van der Waals surface area contributed by atoms with Gasteiger partial charge < -0.3 is 15.5 Å². The first kappa shape index (κ1) is 16.9. The van der Waals surface area contributed by atoms with Gasteiger partial charge in [0.1, 0.15) is 0 Å². The van der Waals surface area contributed by atoms with Gasteiger partial charge >= 0.3 is 11.8 Å².